The average Bonchev–Trinajstić information content (AvgIpc) is 2.75. The number of likely N-dealkylation sites (tertiary alicyclic amines) is 1. The Morgan fingerprint density at radius 1 is 1.14 bits per heavy atom. The van der Waals surface area contributed by atoms with Crippen LogP contribution in [0.15, 0.2) is 36.4 Å². The molecule has 1 aromatic rings. The number of anilines is 1. The van der Waals surface area contributed by atoms with Gasteiger partial charge < -0.3 is 5.32 Å². The molecule has 0 radical (unpaired) electrons. The SMILES string of the molecule is Cc1ccccc1NC(=O)CN1C(=O)[C@H]2CC=CC[C@H]2C1=O. The molecule has 1 fully saturated rings. The minimum absolute atomic E-state index is 0.209. The molecule has 1 N–H and O–H groups in total. The Morgan fingerprint density at radius 3 is 2.32 bits per heavy atom. The van der Waals surface area contributed by atoms with Crippen molar-refractivity contribution >= 4 is 23.4 Å². The standard InChI is InChI=1S/C17H18N2O3/c1-11-6-2-5-9-14(11)18-15(20)10-19-16(21)12-7-3-4-8-13(12)17(19)22/h2-6,9,12-13H,7-8,10H2,1H3,(H,18,20)/t12-,13+. The van der Waals surface area contributed by atoms with Crippen LogP contribution in [0.2, 0.25) is 0 Å². The van der Waals surface area contributed by atoms with Gasteiger partial charge in [0.1, 0.15) is 6.54 Å². The van der Waals surface area contributed by atoms with Gasteiger partial charge in [0.2, 0.25) is 17.7 Å². The number of carbonyl (C=O) groups excluding carboxylic acids is 3. The molecular formula is C17H18N2O3. The third-order valence-corrected chi connectivity index (χ3v) is 4.32. The third kappa shape index (κ3) is 2.54. The number of nitrogens with one attached hydrogen (secondary N) is 1. The fourth-order valence-corrected chi connectivity index (χ4v) is 3.07. The molecule has 0 saturated carbocycles. The number of para-hydroxylation sites is 1. The lowest BCUT2D eigenvalue weighted by atomic mass is 9.85. The molecule has 1 aromatic carbocycles. The molecule has 5 heteroatoms. The molecule has 1 heterocycles. The Hall–Kier alpha value is -2.43. The second-order valence-corrected chi connectivity index (χ2v) is 5.78. The number of fused-ring (bicyclic) bond motifs is 1. The first kappa shape index (κ1) is 14.5. The van der Waals surface area contributed by atoms with E-state index < -0.39 is 0 Å². The van der Waals surface area contributed by atoms with Gasteiger partial charge in [0.25, 0.3) is 0 Å². The van der Waals surface area contributed by atoms with Crippen molar-refractivity contribution in [2.75, 3.05) is 11.9 Å². The van der Waals surface area contributed by atoms with Gasteiger partial charge in [-0.3, -0.25) is 19.3 Å². The average molecular weight is 298 g/mol. The van der Waals surface area contributed by atoms with Gasteiger partial charge in [-0.1, -0.05) is 30.4 Å². The minimum atomic E-state index is -0.345. The van der Waals surface area contributed by atoms with Gasteiger partial charge in [0.15, 0.2) is 0 Å². The molecule has 3 amide bonds. The van der Waals surface area contributed by atoms with Crippen molar-refractivity contribution in [2.24, 2.45) is 11.8 Å². The van der Waals surface area contributed by atoms with E-state index in [0.717, 1.165) is 10.5 Å². The summed E-state index contributed by atoms with van der Waals surface area (Å²) in [7, 11) is 0. The smallest absolute Gasteiger partial charge is 0.244 e. The highest BCUT2D eigenvalue weighted by Crippen LogP contribution is 2.34. The predicted molar refractivity (Wildman–Crippen MR) is 81.9 cm³/mol. The number of benzene rings is 1. The predicted octanol–water partition coefficient (Wildman–Crippen LogP) is 1.88. The van der Waals surface area contributed by atoms with Crippen LogP contribution >= 0.6 is 0 Å². The molecule has 0 bridgehead atoms. The molecule has 1 aliphatic carbocycles. The number of imide groups is 1. The highest BCUT2D eigenvalue weighted by Gasteiger charge is 2.47. The van der Waals surface area contributed by atoms with Gasteiger partial charge in [-0.2, -0.15) is 0 Å². The van der Waals surface area contributed by atoms with E-state index in [1.807, 2.05) is 37.3 Å². The van der Waals surface area contributed by atoms with Gasteiger partial charge in [0, 0.05) is 5.69 Å². The van der Waals surface area contributed by atoms with Crippen molar-refractivity contribution in [3.8, 4) is 0 Å². The number of rotatable bonds is 3. The third-order valence-electron chi connectivity index (χ3n) is 4.32. The fraction of sp³-hybridized carbons (Fsp3) is 0.353. The zero-order valence-corrected chi connectivity index (χ0v) is 12.4. The van der Waals surface area contributed by atoms with E-state index >= 15 is 0 Å². The van der Waals surface area contributed by atoms with Crippen LogP contribution in [0.5, 0.6) is 0 Å². The van der Waals surface area contributed by atoms with Gasteiger partial charge >= 0.3 is 0 Å². The number of hydrogen-bond donors (Lipinski definition) is 1. The molecular weight excluding hydrogens is 280 g/mol. The molecule has 1 saturated heterocycles. The number of allylic oxidation sites excluding steroid dienone is 2. The first-order chi connectivity index (χ1) is 10.6. The highest BCUT2D eigenvalue weighted by atomic mass is 16.2. The molecule has 114 valence electrons. The molecule has 1 aliphatic heterocycles. The summed E-state index contributed by atoms with van der Waals surface area (Å²) in [6.45, 7) is 1.68. The second-order valence-electron chi connectivity index (χ2n) is 5.78. The Kier molecular flexibility index (Phi) is 3.79. The lowest BCUT2D eigenvalue weighted by Gasteiger charge is -2.15. The number of nitrogens with zero attached hydrogens (tertiary/aromatic N) is 1. The summed E-state index contributed by atoms with van der Waals surface area (Å²) in [5.41, 5.74) is 1.64. The van der Waals surface area contributed by atoms with Crippen LogP contribution in [0.1, 0.15) is 18.4 Å². The summed E-state index contributed by atoms with van der Waals surface area (Å²) < 4.78 is 0. The Bertz CT molecular complexity index is 640. The summed E-state index contributed by atoms with van der Waals surface area (Å²) in [5, 5.41) is 2.76. The summed E-state index contributed by atoms with van der Waals surface area (Å²) in [5.74, 6) is -1.37. The van der Waals surface area contributed by atoms with Crippen LogP contribution in [0.4, 0.5) is 5.69 Å². The molecule has 3 rings (SSSR count). The van der Waals surface area contributed by atoms with Gasteiger partial charge in [-0.15, -0.1) is 0 Å². The normalized spacial score (nSPS) is 23.6. The van der Waals surface area contributed by atoms with E-state index in [-0.39, 0.29) is 36.1 Å². The van der Waals surface area contributed by atoms with Crippen molar-refractivity contribution in [3.63, 3.8) is 0 Å². The van der Waals surface area contributed by atoms with Crippen LogP contribution in [0, 0.1) is 18.8 Å². The van der Waals surface area contributed by atoms with Crippen molar-refractivity contribution in [2.45, 2.75) is 19.8 Å². The zero-order valence-electron chi connectivity index (χ0n) is 12.4. The molecule has 0 spiro atoms. The Balaban J connectivity index is 1.68. The molecule has 22 heavy (non-hydrogen) atoms. The first-order valence-electron chi connectivity index (χ1n) is 7.43. The van der Waals surface area contributed by atoms with E-state index in [2.05, 4.69) is 5.32 Å². The van der Waals surface area contributed by atoms with Crippen LogP contribution in [-0.4, -0.2) is 29.2 Å². The van der Waals surface area contributed by atoms with Crippen molar-refractivity contribution in [1.29, 1.82) is 0 Å². The highest BCUT2D eigenvalue weighted by molar-refractivity contribution is 6.08. The van der Waals surface area contributed by atoms with E-state index in [0.29, 0.717) is 18.5 Å². The van der Waals surface area contributed by atoms with E-state index in [1.165, 1.54) is 0 Å². The first-order valence-corrected chi connectivity index (χ1v) is 7.43. The molecule has 5 nitrogen and oxygen atoms in total. The largest absolute Gasteiger partial charge is 0.324 e. The van der Waals surface area contributed by atoms with Gasteiger partial charge in [-0.25, -0.2) is 0 Å². The molecule has 2 aliphatic rings. The Labute approximate surface area is 129 Å². The maximum atomic E-state index is 12.3. The van der Waals surface area contributed by atoms with Crippen LogP contribution in [-0.2, 0) is 14.4 Å². The quantitative estimate of drug-likeness (QED) is 0.684. The number of amides is 3. The van der Waals surface area contributed by atoms with E-state index in [1.54, 1.807) is 6.07 Å². The lowest BCUT2D eigenvalue weighted by molar-refractivity contribution is -0.142. The summed E-state index contributed by atoms with van der Waals surface area (Å²) in [6.07, 6.45) is 5.04. The lowest BCUT2D eigenvalue weighted by Crippen LogP contribution is -2.38. The minimum Gasteiger partial charge on any atom is -0.324 e. The number of carbonyl (C=O) groups is 3. The van der Waals surface area contributed by atoms with Gasteiger partial charge in [-0.05, 0) is 31.4 Å². The van der Waals surface area contributed by atoms with Crippen molar-refractivity contribution in [3.05, 3.63) is 42.0 Å². The summed E-state index contributed by atoms with van der Waals surface area (Å²) in [4.78, 5) is 37.8. The summed E-state index contributed by atoms with van der Waals surface area (Å²) >= 11 is 0. The number of aryl methyl sites for hydroxylation is 1. The second kappa shape index (κ2) is 5.75. The molecule has 2 atom stereocenters. The van der Waals surface area contributed by atoms with Crippen LogP contribution in [0.25, 0.3) is 0 Å². The molecule has 0 unspecified atom stereocenters. The van der Waals surface area contributed by atoms with Crippen molar-refractivity contribution < 1.29 is 14.4 Å². The van der Waals surface area contributed by atoms with Crippen LogP contribution < -0.4 is 5.32 Å². The zero-order chi connectivity index (χ0) is 15.7. The topological polar surface area (TPSA) is 66.5 Å². The number of hydrogen-bond acceptors (Lipinski definition) is 3. The maximum Gasteiger partial charge on any atom is 0.244 e. The maximum absolute atomic E-state index is 12.3. The van der Waals surface area contributed by atoms with Crippen LogP contribution in [0.3, 0.4) is 0 Å². The van der Waals surface area contributed by atoms with E-state index in [4.69, 9.17) is 0 Å². The van der Waals surface area contributed by atoms with Gasteiger partial charge in [0.05, 0.1) is 11.8 Å². The fourth-order valence-electron chi connectivity index (χ4n) is 3.07. The molecule has 0 aromatic heterocycles. The monoisotopic (exact) mass is 298 g/mol. The van der Waals surface area contributed by atoms with Crippen molar-refractivity contribution in [1.82, 2.24) is 4.90 Å². The summed E-state index contributed by atoms with van der Waals surface area (Å²) in [6, 6.07) is 7.40. The van der Waals surface area contributed by atoms with E-state index in [9.17, 15) is 14.4 Å². The Morgan fingerprint density at radius 2 is 1.73 bits per heavy atom.